The summed E-state index contributed by atoms with van der Waals surface area (Å²) < 4.78 is 0. The van der Waals surface area contributed by atoms with E-state index in [-0.39, 0.29) is 0 Å². The second-order valence-electron chi connectivity index (χ2n) is 2.09. The lowest BCUT2D eigenvalue weighted by Crippen LogP contribution is -1.87. The highest BCUT2D eigenvalue weighted by atomic mass is 14.4. The second kappa shape index (κ2) is 3.42. The van der Waals surface area contributed by atoms with E-state index in [0.717, 1.165) is 12.1 Å². The van der Waals surface area contributed by atoms with Crippen LogP contribution in [-0.2, 0) is 0 Å². The van der Waals surface area contributed by atoms with Crippen molar-refractivity contribution in [3.63, 3.8) is 0 Å². The molecular weight excluding hydrogens is 98.1 g/mol. The van der Waals surface area contributed by atoms with E-state index in [1.165, 1.54) is 5.57 Å². The highest BCUT2D eigenvalue weighted by Gasteiger charge is 1.87. The van der Waals surface area contributed by atoms with E-state index in [0.29, 0.717) is 0 Å². The first-order valence-corrected chi connectivity index (χ1v) is 2.82. The number of hydrogen-bond acceptors (Lipinski definition) is 1. The lowest BCUT2D eigenvalue weighted by Gasteiger charge is -1.94. The molecule has 0 spiro atoms. The molecule has 0 saturated heterocycles. The minimum Gasteiger partial charge on any atom is -0.310 e. The number of rotatable bonds is 2. The minimum absolute atomic E-state index is 0.737. The summed E-state index contributed by atoms with van der Waals surface area (Å²) in [5.41, 5.74) is 2.01. The van der Waals surface area contributed by atoms with Gasteiger partial charge in [0.2, 0.25) is 0 Å². The lowest BCUT2D eigenvalue weighted by molar-refractivity contribution is 1.21. The van der Waals surface area contributed by atoms with Crippen molar-refractivity contribution in [3.8, 4) is 0 Å². The van der Waals surface area contributed by atoms with Crippen molar-refractivity contribution in [1.82, 2.24) is 0 Å². The predicted octanol–water partition coefficient (Wildman–Crippen LogP) is 2.38. The van der Waals surface area contributed by atoms with Crippen LogP contribution in [0.25, 0.3) is 0 Å². The van der Waals surface area contributed by atoms with Crippen LogP contribution < -0.4 is 0 Å². The molecule has 0 aromatic heterocycles. The maximum atomic E-state index is 7.09. The molecule has 1 nitrogen and oxygen atoms in total. The average molecular weight is 111 g/mol. The first-order valence-electron chi connectivity index (χ1n) is 2.82. The molecule has 0 radical (unpaired) electrons. The van der Waals surface area contributed by atoms with Gasteiger partial charge in [0.05, 0.1) is 0 Å². The van der Waals surface area contributed by atoms with Crippen LogP contribution in [0.5, 0.6) is 0 Å². The third-order valence-corrected chi connectivity index (χ3v) is 1.04. The van der Waals surface area contributed by atoms with E-state index in [4.69, 9.17) is 5.41 Å². The molecule has 0 rings (SSSR count). The van der Waals surface area contributed by atoms with Gasteiger partial charge in [0, 0.05) is 12.1 Å². The fourth-order valence-corrected chi connectivity index (χ4v) is 0.520. The zero-order valence-electron chi connectivity index (χ0n) is 5.78. The molecule has 0 aromatic rings. The molecule has 8 heavy (non-hydrogen) atoms. The number of nitrogens with one attached hydrogen (secondary N) is 1. The fraction of sp³-hybridized carbons (Fsp3) is 0.571. The summed E-state index contributed by atoms with van der Waals surface area (Å²) in [6.07, 6.45) is 2.87. The van der Waals surface area contributed by atoms with Gasteiger partial charge in [-0.15, -0.1) is 0 Å². The largest absolute Gasteiger partial charge is 0.310 e. The lowest BCUT2D eigenvalue weighted by atomic mass is 10.1. The van der Waals surface area contributed by atoms with Gasteiger partial charge < -0.3 is 5.41 Å². The van der Waals surface area contributed by atoms with Gasteiger partial charge in [-0.3, -0.25) is 0 Å². The Morgan fingerprint density at radius 3 is 2.12 bits per heavy atom. The third-order valence-electron chi connectivity index (χ3n) is 1.04. The Kier molecular flexibility index (Phi) is 3.16. The zero-order valence-corrected chi connectivity index (χ0v) is 5.78. The Balaban J connectivity index is 3.56. The molecule has 0 atom stereocenters. The van der Waals surface area contributed by atoms with Crippen LogP contribution in [0.2, 0.25) is 0 Å². The van der Waals surface area contributed by atoms with Gasteiger partial charge >= 0.3 is 0 Å². The van der Waals surface area contributed by atoms with Gasteiger partial charge in [0.1, 0.15) is 0 Å². The summed E-state index contributed by atoms with van der Waals surface area (Å²) in [4.78, 5) is 0. The van der Waals surface area contributed by atoms with Crippen LogP contribution in [-0.4, -0.2) is 5.71 Å². The van der Waals surface area contributed by atoms with E-state index in [2.05, 4.69) is 0 Å². The monoisotopic (exact) mass is 111 g/mol. The second-order valence-corrected chi connectivity index (χ2v) is 2.09. The van der Waals surface area contributed by atoms with Gasteiger partial charge in [0.15, 0.2) is 0 Å². The van der Waals surface area contributed by atoms with Gasteiger partial charge in [0.25, 0.3) is 0 Å². The molecular formula is C7H13N. The standard InChI is InChI=1S/C7H13N/c1-4-6(2)5-7(3)8/h4,8H,5H2,1-3H3/b6-4+,8-7?. The van der Waals surface area contributed by atoms with Gasteiger partial charge in [-0.2, -0.15) is 0 Å². The van der Waals surface area contributed by atoms with E-state index < -0.39 is 0 Å². The molecule has 1 N–H and O–H groups in total. The molecule has 1 heteroatoms. The maximum Gasteiger partial charge on any atom is 0.00984 e. The molecule has 0 aliphatic rings. The summed E-state index contributed by atoms with van der Waals surface area (Å²) >= 11 is 0. The quantitative estimate of drug-likeness (QED) is 0.418. The summed E-state index contributed by atoms with van der Waals surface area (Å²) in [5, 5.41) is 7.09. The van der Waals surface area contributed by atoms with Crippen molar-refractivity contribution in [2.75, 3.05) is 0 Å². The molecule has 0 bridgehead atoms. The highest BCUT2D eigenvalue weighted by Crippen LogP contribution is 1.98. The maximum absolute atomic E-state index is 7.09. The zero-order chi connectivity index (χ0) is 6.57. The smallest absolute Gasteiger partial charge is 0.00984 e. The Hall–Kier alpha value is -0.590. The Morgan fingerprint density at radius 2 is 2.00 bits per heavy atom. The topological polar surface area (TPSA) is 23.9 Å². The minimum atomic E-state index is 0.737. The number of hydrogen-bond donors (Lipinski definition) is 1. The first-order chi connectivity index (χ1) is 3.66. The predicted molar refractivity (Wildman–Crippen MR) is 37.4 cm³/mol. The van der Waals surface area contributed by atoms with Crippen LogP contribution in [0.3, 0.4) is 0 Å². The molecule has 0 aromatic carbocycles. The molecule has 0 aliphatic heterocycles. The van der Waals surface area contributed by atoms with E-state index in [1.54, 1.807) is 0 Å². The summed E-state index contributed by atoms with van der Waals surface area (Å²) in [6.45, 7) is 5.86. The van der Waals surface area contributed by atoms with Crippen molar-refractivity contribution in [2.24, 2.45) is 0 Å². The fourth-order valence-electron chi connectivity index (χ4n) is 0.520. The van der Waals surface area contributed by atoms with Crippen LogP contribution >= 0.6 is 0 Å². The molecule has 0 aliphatic carbocycles. The van der Waals surface area contributed by atoms with Crippen LogP contribution in [0.15, 0.2) is 11.6 Å². The Bertz CT molecular complexity index is 112. The Labute approximate surface area is 50.9 Å². The van der Waals surface area contributed by atoms with Crippen molar-refractivity contribution in [1.29, 1.82) is 5.41 Å². The van der Waals surface area contributed by atoms with E-state index in [1.807, 2.05) is 26.8 Å². The average Bonchev–Trinajstić information content (AvgIpc) is 1.65. The summed E-state index contributed by atoms with van der Waals surface area (Å²) in [7, 11) is 0. The first kappa shape index (κ1) is 7.41. The van der Waals surface area contributed by atoms with E-state index in [9.17, 15) is 0 Å². The van der Waals surface area contributed by atoms with Gasteiger partial charge in [-0.25, -0.2) is 0 Å². The normalized spacial score (nSPS) is 11.6. The van der Waals surface area contributed by atoms with Crippen molar-refractivity contribution in [2.45, 2.75) is 27.2 Å². The molecule has 0 fully saturated rings. The molecule has 0 unspecified atom stereocenters. The van der Waals surface area contributed by atoms with Crippen molar-refractivity contribution in [3.05, 3.63) is 11.6 Å². The van der Waals surface area contributed by atoms with Crippen LogP contribution in [0, 0.1) is 5.41 Å². The molecule has 46 valence electrons. The third kappa shape index (κ3) is 3.59. The highest BCUT2D eigenvalue weighted by molar-refractivity contribution is 5.80. The van der Waals surface area contributed by atoms with Crippen LogP contribution in [0.4, 0.5) is 0 Å². The number of allylic oxidation sites excluding steroid dienone is 2. The van der Waals surface area contributed by atoms with Crippen LogP contribution in [0.1, 0.15) is 27.2 Å². The Morgan fingerprint density at radius 1 is 1.50 bits per heavy atom. The van der Waals surface area contributed by atoms with Crippen molar-refractivity contribution >= 4 is 5.71 Å². The SMILES string of the molecule is C/C=C(\C)CC(C)=N. The van der Waals surface area contributed by atoms with Gasteiger partial charge in [-0.05, 0) is 20.8 Å². The summed E-state index contributed by atoms with van der Waals surface area (Å²) in [5.74, 6) is 0. The van der Waals surface area contributed by atoms with Crippen molar-refractivity contribution < 1.29 is 0 Å². The van der Waals surface area contributed by atoms with Gasteiger partial charge in [-0.1, -0.05) is 11.6 Å². The summed E-state index contributed by atoms with van der Waals surface area (Å²) in [6, 6.07) is 0. The molecule has 0 amide bonds. The molecule has 0 heterocycles. The van der Waals surface area contributed by atoms with E-state index >= 15 is 0 Å². The molecule has 0 saturated carbocycles.